The van der Waals surface area contributed by atoms with E-state index in [9.17, 15) is 4.79 Å². The van der Waals surface area contributed by atoms with E-state index < -0.39 is 6.04 Å². The molecule has 4 heteroatoms. The summed E-state index contributed by atoms with van der Waals surface area (Å²) in [5.41, 5.74) is 8.16. The number of nitrogens with zero attached hydrogens (tertiary/aromatic N) is 1. The number of nitrogens with two attached hydrogens (primary N) is 1. The monoisotopic (exact) mass is 286 g/mol. The number of benzene rings is 2. The molecule has 0 saturated heterocycles. The van der Waals surface area contributed by atoms with Crippen molar-refractivity contribution in [3.63, 3.8) is 0 Å². The van der Waals surface area contributed by atoms with Crippen LogP contribution in [0.4, 0.5) is 5.69 Å². The van der Waals surface area contributed by atoms with Gasteiger partial charge in [-0.2, -0.15) is 0 Å². The average Bonchev–Trinajstić information content (AvgIpc) is 2.47. The highest BCUT2D eigenvalue weighted by atomic mass is 16.5. The number of carbonyl (C=O) groups is 1. The lowest BCUT2D eigenvalue weighted by molar-refractivity contribution is -0.144. The number of ether oxygens (including phenoxy) is 1. The van der Waals surface area contributed by atoms with Crippen molar-refractivity contribution in [2.75, 3.05) is 25.6 Å². The van der Waals surface area contributed by atoms with E-state index in [0.29, 0.717) is 13.0 Å². The summed E-state index contributed by atoms with van der Waals surface area (Å²) in [7, 11) is 4.04. The molecule has 0 bridgehead atoms. The van der Waals surface area contributed by atoms with E-state index in [4.69, 9.17) is 10.5 Å². The topological polar surface area (TPSA) is 55.6 Å². The number of carbonyl (C=O) groups excluding carboxylic acids is 1. The van der Waals surface area contributed by atoms with E-state index in [1.54, 1.807) is 6.92 Å². The molecular formula is C17H22N2O2. The van der Waals surface area contributed by atoms with Crippen LogP contribution >= 0.6 is 0 Å². The Balaban J connectivity index is 2.37. The van der Waals surface area contributed by atoms with Crippen molar-refractivity contribution in [2.24, 2.45) is 5.73 Å². The summed E-state index contributed by atoms with van der Waals surface area (Å²) in [5.74, 6) is -0.349. The molecule has 21 heavy (non-hydrogen) atoms. The molecule has 112 valence electrons. The predicted molar refractivity (Wildman–Crippen MR) is 86.6 cm³/mol. The van der Waals surface area contributed by atoms with Crippen molar-refractivity contribution in [1.29, 1.82) is 0 Å². The molecular weight excluding hydrogens is 264 g/mol. The summed E-state index contributed by atoms with van der Waals surface area (Å²) in [4.78, 5) is 13.8. The number of anilines is 1. The molecule has 2 aromatic rings. The molecule has 0 saturated carbocycles. The van der Waals surface area contributed by atoms with Crippen molar-refractivity contribution >= 4 is 22.4 Å². The van der Waals surface area contributed by atoms with E-state index in [2.05, 4.69) is 23.1 Å². The Hall–Kier alpha value is -2.07. The van der Waals surface area contributed by atoms with Crippen molar-refractivity contribution in [3.8, 4) is 0 Å². The number of hydrogen-bond donors (Lipinski definition) is 1. The molecule has 2 aromatic carbocycles. The minimum absolute atomic E-state index is 0.349. The quantitative estimate of drug-likeness (QED) is 0.857. The molecule has 0 amide bonds. The van der Waals surface area contributed by atoms with E-state index in [1.165, 1.54) is 0 Å². The second-order valence-corrected chi connectivity index (χ2v) is 5.25. The van der Waals surface area contributed by atoms with Crippen molar-refractivity contribution in [1.82, 2.24) is 0 Å². The van der Waals surface area contributed by atoms with Gasteiger partial charge in [0.1, 0.15) is 6.04 Å². The van der Waals surface area contributed by atoms with E-state index >= 15 is 0 Å². The maximum absolute atomic E-state index is 11.7. The SMILES string of the molecule is CCOC(=O)C(N)Cc1ccc(N(C)C)c2ccccc12. The van der Waals surface area contributed by atoms with Crippen LogP contribution in [0.2, 0.25) is 0 Å². The van der Waals surface area contributed by atoms with Gasteiger partial charge in [0.05, 0.1) is 6.61 Å². The third-order valence-electron chi connectivity index (χ3n) is 3.50. The third kappa shape index (κ3) is 3.34. The van der Waals surface area contributed by atoms with Gasteiger partial charge >= 0.3 is 5.97 Å². The molecule has 0 spiro atoms. The smallest absolute Gasteiger partial charge is 0.323 e. The van der Waals surface area contributed by atoms with Crippen LogP contribution in [-0.4, -0.2) is 32.7 Å². The van der Waals surface area contributed by atoms with Crippen molar-refractivity contribution in [3.05, 3.63) is 42.0 Å². The lowest BCUT2D eigenvalue weighted by atomic mass is 9.97. The maximum Gasteiger partial charge on any atom is 0.323 e. The zero-order chi connectivity index (χ0) is 15.4. The Morgan fingerprint density at radius 2 is 1.86 bits per heavy atom. The molecule has 4 nitrogen and oxygen atoms in total. The summed E-state index contributed by atoms with van der Waals surface area (Å²) in [6.07, 6.45) is 0.479. The minimum Gasteiger partial charge on any atom is -0.465 e. The zero-order valence-electron chi connectivity index (χ0n) is 12.8. The highest BCUT2D eigenvalue weighted by Crippen LogP contribution is 2.29. The van der Waals surface area contributed by atoms with Crippen molar-refractivity contribution < 1.29 is 9.53 Å². The van der Waals surface area contributed by atoms with Gasteiger partial charge in [-0.15, -0.1) is 0 Å². The van der Waals surface area contributed by atoms with Gasteiger partial charge in [-0.3, -0.25) is 4.79 Å². The first-order chi connectivity index (χ1) is 10.0. The first-order valence-electron chi connectivity index (χ1n) is 7.14. The van der Waals surface area contributed by atoms with Crippen LogP contribution in [0.25, 0.3) is 10.8 Å². The second kappa shape index (κ2) is 6.59. The summed E-state index contributed by atoms with van der Waals surface area (Å²) >= 11 is 0. The van der Waals surface area contributed by atoms with E-state index in [0.717, 1.165) is 22.0 Å². The number of rotatable bonds is 5. The standard InChI is InChI=1S/C17H22N2O2/c1-4-21-17(20)15(18)11-12-9-10-16(19(2)3)14-8-6-5-7-13(12)14/h5-10,15H,4,11,18H2,1-3H3. The molecule has 1 atom stereocenters. The van der Waals surface area contributed by atoms with E-state index in [-0.39, 0.29) is 5.97 Å². The average molecular weight is 286 g/mol. The molecule has 0 aliphatic rings. The van der Waals surface area contributed by atoms with E-state index in [1.807, 2.05) is 32.3 Å². The number of hydrogen-bond acceptors (Lipinski definition) is 4. The summed E-state index contributed by atoms with van der Waals surface area (Å²) < 4.78 is 4.98. The largest absolute Gasteiger partial charge is 0.465 e. The Labute approximate surface area is 125 Å². The predicted octanol–water partition coefficient (Wildman–Crippen LogP) is 2.34. The molecule has 2 N–H and O–H groups in total. The number of esters is 1. The molecule has 0 fully saturated rings. The van der Waals surface area contributed by atoms with Crippen LogP contribution in [0, 0.1) is 0 Å². The van der Waals surface area contributed by atoms with Crippen LogP contribution in [0.1, 0.15) is 12.5 Å². The molecule has 1 unspecified atom stereocenters. The Morgan fingerprint density at radius 1 is 1.19 bits per heavy atom. The molecule has 0 heterocycles. The Kier molecular flexibility index (Phi) is 4.81. The first kappa shape index (κ1) is 15.3. The van der Waals surface area contributed by atoms with Crippen molar-refractivity contribution in [2.45, 2.75) is 19.4 Å². The molecule has 0 aromatic heterocycles. The molecule has 0 aliphatic heterocycles. The fraction of sp³-hybridized carbons (Fsp3) is 0.353. The lowest BCUT2D eigenvalue weighted by Crippen LogP contribution is -2.34. The fourth-order valence-corrected chi connectivity index (χ4v) is 2.48. The Bertz CT molecular complexity index is 638. The van der Waals surface area contributed by atoms with Crippen LogP contribution in [-0.2, 0) is 16.0 Å². The van der Waals surface area contributed by atoms with Crippen LogP contribution in [0.5, 0.6) is 0 Å². The van der Waals surface area contributed by atoms with Gasteiger partial charge in [0, 0.05) is 25.2 Å². The fourth-order valence-electron chi connectivity index (χ4n) is 2.48. The van der Waals surface area contributed by atoms with Gasteiger partial charge in [-0.25, -0.2) is 0 Å². The number of fused-ring (bicyclic) bond motifs is 1. The minimum atomic E-state index is -0.626. The maximum atomic E-state index is 11.7. The van der Waals surface area contributed by atoms with Gasteiger partial charge in [-0.1, -0.05) is 30.3 Å². The zero-order valence-corrected chi connectivity index (χ0v) is 12.8. The highest BCUT2D eigenvalue weighted by molar-refractivity contribution is 5.96. The van der Waals surface area contributed by atoms with Gasteiger partial charge in [-0.05, 0) is 30.4 Å². The van der Waals surface area contributed by atoms with Crippen LogP contribution in [0.3, 0.4) is 0 Å². The molecule has 0 aliphatic carbocycles. The van der Waals surface area contributed by atoms with Crippen LogP contribution < -0.4 is 10.6 Å². The lowest BCUT2D eigenvalue weighted by Gasteiger charge is -2.18. The summed E-state index contributed by atoms with van der Waals surface area (Å²) in [5, 5.41) is 2.29. The van der Waals surface area contributed by atoms with Gasteiger partial charge in [0.15, 0.2) is 0 Å². The Morgan fingerprint density at radius 3 is 2.48 bits per heavy atom. The first-order valence-corrected chi connectivity index (χ1v) is 7.14. The summed E-state index contributed by atoms with van der Waals surface area (Å²) in [6, 6.07) is 11.6. The third-order valence-corrected chi connectivity index (χ3v) is 3.50. The van der Waals surface area contributed by atoms with Crippen LogP contribution in [0.15, 0.2) is 36.4 Å². The van der Waals surface area contributed by atoms with Gasteiger partial charge in [0.25, 0.3) is 0 Å². The second-order valence-electron chi connectivity index (χ2n) is 5.25. The van der Waals surface area contributed by atoms with Gasteiger partial charge < -0.3 is 15.4 Å². The normalized spacial score (nSPS) is 12.2. The molecule has 2 rings (SSSR count). The highest BCUT2D eigenvalue weighted by Gasteiger charge is 2.17. The molecule has 0 radical (unpaired) electrons. The van der Waals surface area contributed by atoms with Gasteiger partial charge in [0.2, 0.25) is 0 Å². The summed E-state index contributed by atoms with van der Waals surface area (Å²) in [6.45, 7) is 2.14.